The molecule has 0 saturated carbocycles. The minimum Gasteiger partial charge on any atom is -0.368 e. The number of benzene rings is 2. The van der Waals surface area contributed by atoms with Crippen molar-refractivity contribution in [3.63, 3.8) is 0 Å². The predicted molar refractivity (Wildman–Crippen MR) is 75.1 cm³/mol. The molecule has 0 aliphatic rings. The molecule has 0 saturated heterocycles. The Morgan fingerprint density at radius 3 is 2.19 bits per heavy atom. The van der Waals surface area contributed by atoms with Gasteiger partial charge in [0.05, 0.1) is 0 Å². The molecule has 2 aromatic rings. The SMILES string of the molecule is NC(=O)[C@H](NS(=O)(=O)c1ccccc1F)c1ccccc1. The quantitative estimate of drug-likeness (QED) is 0.873. The Kier molecular flexibility index (Phi) is 4.35. The highest BCUT2D eigenvalue weighted by molar-refractivity contribution is 7.89. The molecular formula is C14H13FN2O3S. The molecule has 1 atom stereocenters. The van der Waals surface area contributed by atoms with E-state index in [9.17, 15) is 17.6 Å². The molecule has 0 aliphatic heterocycles. The summed E-state index contributed by atoms with van der Waals surface area (Å²) in [6.45, 7) is 0. The molecule has 2 aromatic carbocycles. The van der Waals surface area contributed by atoms with Crippen LogP contribution in [0, 0.1) is 5.82 Å². The van der Waals surface area contributed by atoms with Crippen molar-refractivity contribution < 1.29 is 17.6 Å². The van der Waals surface area contributed by atoms with Crippen LogP contribution in [0.25, 0.3) is 0 Å². The maximum atomic E-state index is 13.6. The fourth-order valence-electron chi connectivity index (χ4n) is 1.82. The number of sulfonamides is 1. The molecule has 0 radical (unpaired) electrons. The lowest BCUT2D eigenvalue weighted by atomic mass is 10.1. The molecule has 0 aliphatic carbocycles. The molecule has 1 amide bonds. The zero-order valence-corrected chi connectivity index (χ0v) is 11.7. The van der Waals surface area contributed by atoms with Crippen LogP contribution in [0.1, 0.15) is 11.6 Å². The second kappa shape index (κ2) is 6.02. The zero-order valence-electron chi connectivity index (χ0n) is 10.9. The fraction of sp³-hybridized carbons (Fsp3) is 0.0714. The van der Waals surface area contributed by atoms with Crippen LogP contribution in [-0.2, 0) is 14.8 Å². The van der Waals surface area contributed by atoms with Gasteiger partial charge in [0.1, 0.15) is 16.8 Å². The van der Waals surface area contributed by atoms with E-state index in [1.807, 2.05) is 0 Å². The van der Waals surface area contributed by atoms with Crippen molar-refractivity contribution in [2.24, 2.45) is 5.73 Å². The van der Waals surface area contributed by atoms with Crippen molar-refractivity contribution >= 4 is 15.9 Å². The second-order valence-corrected chi connectivity index (χ2v) is 5.98. The topological polar surface area (TPSA) is 89.3 Å². The summed E-state index contributed by atoms with van der Waals surface area (Å²) in [5.74, 6) is -1.78. The highest BCUT2D eigenvalue weighted by Crippen LogP contribution is 2.19. The van der Waals surface area contributed by atoms with Crippen molar-refractivity contribution in [3.05, 3.63) is 66.0 Å². The summed E-state index contributed by atoms with van der Waals surface area (Å²) < 4.78 is 40.1. The van der Waals surface area contributed by atoms with E-state index in [0.717, 1.165) is 12.1 Å². The van der Waals surface area contributed by atoms with Gasteiger partial charge in [-0.2, -0.15) is 4.72 Å². The first-order valence-electron chi connectivity index (χ1n) is 6.03. The van der Waals surface area contributed by atoms with Crippen LogP contribution in [0.3, 0.4) is 0 Å². The van der Waals surface area contributed by atoms with Gasteiger partial charge in [0.2, 0.25) is 15.9 Å². The zero-order chi connectivity index (χ0) is 15.5. The predicted octanol–water partition coefficient (Wildman–Crippen LogP) is 1.33. The lowest BCUT2D eigenvalue weighted by molar-refractivity contribution is -0.119. The molecular weight excluding hydrogens is 295 g/mol. The Labute approximate surface area is 121 Å². The van der Waals surface area contributed by atoms with Gasteiger partial charge in [-0.05, 0) is 17.7 Å². The second-order valence-electron chi connectivity index (χ2n) is 4.30. The average Bonchev–Trinajstić information content (AvgIpc) is 2.46. The monoisotopic (exact) mass is 308 g/mol. The molecule has 0 bridgehead atoms. The molecule has 0 aromatic heterocycles. The Morgan fingerprint density at radius 2 is 1.62 bits per heavy atom. The van der Waals surface area contributed by atoms with E-state index in [2.05, 4.69) is 4.72 Å². The van der Waals surface area contributed by atoms with Crippen LogP contribution < -0.4 is 10.5 Å². The summed E-state index contributed by atoms with van der Waals surface area (Å²) in [5, 5.41) is 0. The number of halogens is 1. The van der Waals surface area contributed by atoms with Crippen molar-refractivity contribution in [2.75, 3.05) is 0 Å². The molecule has 0 fully saturated rings. The van der Waals surface area contributed by atoms with E-state index in [1.165, 1.54) is 12.1 Å². The van der Waals surface area contributed by atoms with Crippen LogP contribution in [0.15, 0.2) is 59.5 Å². The highest BCUT2D eigenvalue weighted by atomic mass is 32.2. The van der Waals surface area contributed by atoms with Gasteiger partial charge in [-0.3, -0.25) is 4.79 Å². The third kappa shape index (κ3) is 3.45. The number of hydrogen-bond donors (Lipinski definition) is 2. The Hall–Kier alpha value is -2.25. The van der Waals surface area contributed by atoms with E-state index in [0.29, 0.717) is 5.56 Å². The minimum absolute atomic E-state index is 0.380. The third-order valence-electron chi connectivity index (χ3n) is 2.82. The van der Waals surface area contributed by atoms with Gasteiger partial charge >= 0.3 is 0 Å². The molecule has 3 N–H and O–H groups in total. The smallest absolute Gasteiger partial charge is 0.244 e. The molecule has 110 valence electrons. The number of carbonyl (C=O) groups excluding carboxylic acids is 1. The summed E-state index contributed by atoms with van der Waals surface area (Å²) in [7, 11) is -4.21. The van der Waals surface area contributed by atoms with Gasteiger partial charge in [0.15, 0.2) is 0 Å². The van der Waals surface area contributed by atoms with Crippen molar-refractivity contribution in [1.82, 2.24) is 4.72 Å². The summed E-state index contributed by atoms with van der Waals surface area (Å²) in [5.41, 5.74) is 5.61. The molecule has 2 rings (SSSR count). The maximum Gasteiger partial charge on any atom is 0.244 e. The first kappa shape index (κ1) is 15.1. The standard InChI is InChI=1S/C14H13FN2O3S/c15-11-8-4-5-9-12(11)21(19,20)17-13(14(16)18)10-6-2-1-3-7-10/h1-9,13,17H,(H2,16,18)/t13-/m1/s1. The van der Waals surface area contributed by atoms with E-state index in [4.69, 9.17) is 5.73 Å². The van der Waals surface area contributed by atoms with Crippen LogP contribution in [-0.4, -0.2) is 14.3 Å². The fourth-order valence-corrected chi connectivity index (χ4v) is 3.09. The van der Waals surface area contributed by atoms with Gasteiger partial charge in [-0.15, -0.1) is 0 Å². The van der Waals surface area contributed by atoms with Gasteiger partial charge in [0.25, 0.3) is 0 Å². The normalized spacial score (nSPS) is 12.8. The Bertz CT molecular complexity index is 748. The summed E-state index contributed by atoms with van der Waals surface area (Å²) in [6.07, 6.45) is 0. The number of nitrogens with one attached hydrogen (secondary N) is 1. The van der Waals surface area contributed by atoms with Gasteiger partial charge in [-0.1, -0.05) is 42.5 Å². The van der Waals surface area contributed by atoms with Crippen LogP contribution in [0.2, 0.25) is 0 Å². The first-order chi connectivity index (χ1) is 9.92. The lowest BCUT2D eigenvalue weighted by Crippen LogP contribution is -2.37. The molecule has 0 unspecified atom stereocenters. The number of rotatable bonds is 5. The average molecular weight is 308 g/mol. The van der Waals surface area contributed by atoms with Crippen LogP contribution in [0.4, 0.5) is 4.39 Å². The van der Waals surface area contributed by atoms with Crippen molar-refractivity contribution in [3.8, 4) is 0 Å². The Balaban J connectivity index is 2.38. The number of amides is 1. The maximum absolute atomic E-state index is 13.6. The molecule has 0 spiro atoms. The first-order valence-corrected chi connectivity index (χ1v) is 7.51. The van der Waals surface area contributed by atoms with Gasteiger partial charge < -0.3 is 5.73 Å². The number of carbonyl (C=O) groups is 1. The van der Waals surface area contributed by atoms with E-state index < -0.39 is 32.7 Å². The van der Waals surface area contributed by atoms with Gasteiger partial charge in [-0.25, -0.2) is 12.8 Å². The van der Waals surface area contributed by atoms with Crippen LogP contribution >= 0.6 is 0 Å². The third-order valence-corrected chi connectivity index (χ3v) is 4.27. The number of primary amides is 1. The molecule has 0 heterocycles. The summed E-state index contributed by atoms with van der Waals surface area (Å²) in [4.78, 5) is 11.0. The molecule has 21 heavy (non-hydrogen) atoms. The number of nitrogens with two attached hydrogens (primary N) is 1. The summed E-state index contributed by atoms with van der Waals surface area (Å²) in [6, 6.07) is 11.7. The van der Waals surface area contributed by atoms with E-state index in [1.54, 1.807) is 30.3 Å². The lowest BCUT2D eigenvalue weighted by Gasteiger charge is -2.16. The molecule has 7 heteroatoms. The highest BCUT2D eigenvalue weighted by Gasteiger charge is 2.27. The Morgan fingerprint density at radius 1 is 1.05 bits per heavy atom. The summed E-state index contributed by atoms with van der Waals surface area (Å²) >= 11 is 0. The van der Waals surface area contributed by atoms with Crippen LogP contribution in [0.5, 0.6) is 0 Å². The van der Waals surface area contributed by atoms with E-state index in [-0.39, 0.29) is 0 Å². The molecule has 5 nitrogen and oxygen atoms in total. The van der Waals surface area contributed by atoms with Crippen molar-refractivity contribution in [1.29, 1.82) is 0 Å². The van der Waals surface area contributed by atoms with E-state index >= 15 is 0 Å². The minimum atomic E-state index is -4.21. The number of hydrogen-bond acceptors (Lipinski definition) is 3. The largest absolute Gasteiger partial charge is 0.368 e. The van der Waals surface area contributed by atoms with Gasteiger partial charge in [0, 0.05) is 0 Å². The van der Waals surface area contributed by atoms with Crippen molar-refractivity contribution in [2.45, 2.75) is 10.9 Å².